The van der Waals surface area contributed by atoms with Crippen molar-refractivity contribution in [3.8, 4) is 0 Å². The normalized spacial score (nSPS) is 13.7. The molecule has 2 nitrogen and oxygen atoms in total. The summed E-state index contributed by atoms with van der Waals surface area (Å²) in [5, 5.41) is 0.361. The predicted octanol–water partition coefficient (Wildman–Crippen LogP) is 0.987. The van der Waals surface area contributed by atoms with E-state index in [4.69, 9.17) is 4.89 Å². The highest BCUT2D eigenvalue weighted by Crippen LogP contribution is 2.22. The molecule has 0 aromatic carbocycles. The van der Waals surface area contributed by atoms with Crippen LogP contribution in [0.5, 0.6) is 0 Å². The molecule has 1 N–H and O–H groups in total. The minimum atomic E-state index is -2.40. The number of allylic oxidation sites excluding steroid dienone is 1. The van der Waals surface area contributed by atoms with E-state index >= 15 is 0 Å². The van der Waals surface area contributed by atoms with E-state index < -0.39 is 8.03 Å². The molecule has 0 spiro atoms. The van der Waals surface area contributed by atoms with Crippen molar-refractivity contribution in [1.82, 2.24) is 0 Å². The molecule has 0 aliphatic rings. The van der Waals surface area contributed by atoms with E-state index in [0.29, 0.717) is 5.31 Å². The molecule has 3 heteroatoms. The summed E-state index contributed by atoms with van der Waals surface area (Å²) in [6.07, 6.45) is 0. The predicted molar refractivity (Wildman–Crippen MR) is 26.0 cm³/mol. The SMILES string of the molecule is C=C(C)[PH](=O)O. The summed E-state index contributed by atoms with van der Waals surface area (Å²) in [5.74, 6) is 0. The van der Waals surface area contributed by atoms with Gasteiger partial charge in [0.25, 0.3) is 0 Å². The average Bonchev–Trinajstić information content (AvgIpc) is 1.36. The molecule has 0 aromatic rings. The van der Waals surface area contributed by atoms with Crippen molar-refractivity contribution in [2.45, 2.75) is 6.92 Å². The molecular weight excluding hydrogens is 99.0 g/mol. The largest absolute Gasteiger partial charge is 0.343 e. The van der Waals surface area contributed by atoms with Crippen LogP contribution in [0.25, 0.3) is 0 Å². The molecule has 0 aliphatic heterocycles. The Morgan fingerprint density at radius 3 is 2.17 bits per heavy atom. The molecule has 0 saturated heterocycles. The second kappa shape index (κ2) is 2.17. The summed E-state index contributed by atoms with van der Waals surface area (Å²) in [7, 11) is -2.40. The fraction of sp³-hybridized carbons (Fsp3) is 0.333. The molecule has 0 heterocycles. The molecule has 0 aliphatic carbocycles. The lowest BCUT2D eigenvalue weighted by molar-refractivity contribution is 0.510. The van der Waals surface area contributed by atoms with Crippen LogP contribution < -0.4 is 0 Å². The van der Waals surface area contributed by atoms with Crippen molar-refractivity contribution in [3.63, 3.8) is 0 Å². The lowest BCUT2D eigenvalue weighted by atomic mass is 10.8. The molecule has 0 fully saturated rings. The van der Waals surface area contributed by atoms with Crippen molar-refractivity contribution in [2.75, 3.05) is 0 Å². The van der Waals surface area contributed by atoms with Gasteiger partial charge in [-0.2, -0.15) is 0 Å². The molecule has 0 rings (SSSR count). The van der Waals surface area contributed by atoms with Crippen LogP contribution in [0.1, 0.15) is 6.92 Å². The first-order chi connectivity index (χ1) is 2.64. The zero-order valence-corrected chi connectivity index (χ0v) is 4.56. The molecule has 1 unspecified atom stereocenters. The molecule has 6 heavy (non-hydrogen) atoms. The van der Waals surface area contributed by atoms with Gasteiger partial charge in [0.05, 0.1) is 0 Å². The molecule has 0 radical (unpaired) electrons. The van der Waals surface area contributed by atoms with E-state index in [1.54, 1.807) is 0 Å². The summed E-state index contributed by atoms with van der Waals surface area (Å²) in [6, 6.07) is 0. The second-order valence-electron chi connectivity index (χ2n) is 1.09. The Bertz CT molecular complexity index is 74.8. The molecule has 0 amide bonds. The van der Waals surface area contributed by atoms with Gasteiger partial charge in [0.1, 0.15) is 0 Å². The van der Waals surface area contributed by atoms with Crippen LogP contribution in [-0.2, 0) is 4.57 Å². The van der Waals surface area contributed by atoms with Gasteiger partial charge in [0.15, 0.2) is 0 Å². The van der Waals surface area contributed by atoms with Gasteiger partial charge < -0.3 is 4.89 Å². The van der Waals surface area contributed by atoms with E-state index in [2.05, 4.69) is 6.58 Å². The van der Waals surface area contributed by atoms with Crippen LogP contribution in [0.4, 0.5) is 0 Å². The molecule has 0 aromatic heterocycles. The minimum absolute atomic E-state index is 0.361. The molecule has 0 bridgehead atoms. The first-order valence-corrected chi connectivity index (χ1v) is 2.89. The minimum Gasteiger partial charge on any atom is -0.343 e. The lowest BCUT2D eigenvalue weighted by Gasteiger charge is -1.82. The summed E-state index contributed by atoms with van der Waals surface area (Å²) in [5.41, 5.74) is 0. The zero-order valence-electron chi connectivity index (χ0n) is 3.56. The maximum atomic E-state index is 9.78. The van der Waals surface area contributed by atoms with Gasteiger partial charge in [-0.15, -0.1) is 0 Å². The van der Waals surface area contributed by atoms with E-state index in [-0.39, 0.29) is 0 Å². The Balaban J connectivity index is 3.57. The smallest absolute Gasteiger partial charge is 0.213 e. The number of hydrogen-bond donors (Lipinski definition) is 1. The van der Waals surface area contributed by atoms with Gasteiger partial charge in [-0.1, -0.05) is 6.58 Å². The summed E-state index contributed by atoms with van der Waals surface area (Å²) < 4.78 is 9.78. The van der Waals surface area contributed by atoms with Crippen molar-refractivity contribution in [1.29, 1.82) is 0 Å². The first kappa shape index (κ1) is 5.93. The highest BCUT2D eigenvalue weighted by molar-refractivity contribution is 7.43. The fourth-order valence-corrected chi connectivity index (χ4v) is 0. The standard InChI is InChI=1S/C3H7O2P/c1-3(2)6(4)5/h6H,1H2,2H3,(H,4,5). The van der Waals surface area contributed by atoms with Crippen LogP contribution in [0.15, 0.2) is 11.9 Å². The molecule has 1 atom stereocenters. The highest BCUT2D eigenvalue weighted by atomic mass is 31.1. The van der Waals surface area contributed by atoms with Gasteiger partial charge >= 0.3 is 0 Å². The quantitative estimate of drug-likeness (QED) is 0.506. The molecule has 36 valence electrons. The molecule has 0 saturated carbocycles. The van der Waals surface area contributed by atoms with Crippen LogP contribution in [0, 0.1) is 0 Å². The van der Waals surface area contributed by atoms with Gasteiger partial charge in [-0.3, -0.25) is 4.57 Å². The monoisotopic (exact) mass is 106 g/mol. The summed E-state index contributed by atoms with van der Waals surface area (Å²) in [6.45, 7) is 4.77. The van der Waals surface area contributed by atoms with E-state index in [1.807, 2.05) is 0 Å². The summed E-state index contributed by atoms with van der Waals surface area (Å²) >= 11 is 0. The van der Waals surface area contributed by atoms with Crippen molar-refractivity contribution in [2.24, 2.45) is 0 Å². The van der Waals surface area contributed by atoms with Crippen LogP contribution in [0.3, 0.4) is 0 Å². The third-order valence-corrected chi connectivity index (χ3v) is 1.10. The Morgan fingerprint density at radius 1 is 2.00 bits per heavy atom. The van der Waals surface area contributed by atoms with Gasteiger partial charge in [-0.05, 0) is 6.92 Å². The van der Waals surface area contributed by atoms with Crippen LogP contribution in [0.2, 0.25) is 0 Å². The topological polar surface area (TPSA) is 37.3 Å². The Hall–Kier alpha value is -0.0700. The Morgan fingerprint density at radius 2 is 2.17 bits per heavy atom. The highest BCUT2D eigenvalue weighted by Gasteiger charge is 1.85. The van der Waals surface area contributed by atoms with Crippen LogP contribution >= 0.6 is 8.03 Å². The number of rotatable bonds is 1. The van der Waals surface area contributed by atoms with Gasteiger partial charge in [0.2, 0.25) is 8.03 Å². The summed E-state index contributed by atoms with van der Waals surface area (Å²) in [4.78, 5) is 8.08. The lowest BCUT2D eigenvalue weighted by Crippen LogP contribution is -1.54. The van der Waals surface area contributed by atoms with E-state index in [1.165, 1.54) is 6.92 Å². The second-order valence-corrected chi connectivity index (χ2v) is 2.55. The average molecular weight is 106 g/mol. The fourth-order valence-electron chi connectivity index (χ4n) is 0. The third kappa shape index (κ3) is 2.18. The molecular formula is C3H7O2P. The first-order valence-electron chi connectivity index (χ1n) is 1.53. The van der Waals surface area contributed by atoms with Gasteiger partial charge in [0, 0.05) is 5.31 Å². The van der Waals surface area contributed by atoms with Crippen molar-refractivity contribution in [3.05, 3.63) is 11.9 Å². The van der Waals surface area contributed by atoms with Crippen molar-refractivity contribution < 1.29 is 9.46 Å². The van der Waals surface area contributed by atoms with E-state index in [0.717, 1.165) is 0 Å². The Labute approximate surface area is 37.4 Å². The number of hydrogen-bond acceptors (Lipinski definition) is 1. The third-order valence-electron chi connectivity index (χ3n) is 0.365. The maximum absolute atomic E-state index is 9.78. The van der Waals surface area contributed by atoms with E-state index in [9.17, 15) is 4.57 Å². The Kier molecular flexibility index (Phi) is 2.14. The van der Waals surface area contributed by atoms with Crippen LogP contribution in [-0.4, -0.2) is 4.89 Å². The maximum Gasteiger partial charge on any atom is 0.213 e. The van der Waals surface area contributed by atoms with Crippen molar-refractivity contribution >= 4 is 8.03 Å². The van der Waals surface area contributed by atoms with Gasteiger partial charge in [-0.25, -0.2) is 0 Å². The zero-order chi connectivity index (χ0) is 5.15.